The van der Waals surface area contributed by atoms with Crippen molar-refractivity contribution in [1.29, 1.82) is 0 Å². The summed E-state index contributed by atoms with van der Waals surface area (Å²) in [5.41, 5.74) is -0.312. The Kier molecular flexibility index (Phi) is 7.45. The molecule has 1 N–H and O–H groups in total. The van der Waals surface area contributed by atoms with E-state index >= 15 is 0 Å². The maximum absolute atomic E-state index is 12.3. The van der Waals surface area contributed by atoms with E-state index in [0.717, 1.165) is 0 Å². The number of ether oxygens (including phenoxy) is 1. The molecule has 2 aromatic carbocycles. The number of rotatable bonds is 5. The van der Waals surface area contributed by atoms with Crippen molar-refractivity contribution in [2.24, 2.45) is 0 Å². The Bertz CT molecular complexity index is 694. The summed E-state index contributed by atoms with van der Waals surface area (Å²) >= 11 is 8.73. The van der Waals surface area contributed by atoms with Gasteiger partial charge in [0.25, 0.3) is 0 Å². The predicted octanol–water partition coefficient (Wildman–Crippen LogP) is 4.82. The second kappa shape index (κ2) is 8.85. The fourth-order valence-electron chi connectivity index (χ4n) is 1.78. The molecule has 0 aliphatic heterocycles. The highest BCUT2D eigenvalue weighted by Crippen LogP contribution is 2.21. The van der Waals surface area contributed by atoms with Crippen molar-refractivity contribution in [3.05, 3.63) is 64.7 Å². The first-order valence-corrected chi connectivity index (χ1v) is 8.96. The Morgan fingerprint density at radius 3 is 1.79 bits per heavy atom. The van der Waals surface area contributed by atoms with Crippen molar-refractivity contribution < 1.29 is 19.4 Å². The van der Waals surface area contributed by atoms with Gasteiger partial charge in [0, 0.05) is 16.1 Å². The number of hydrogen-bond donors (Lipinski definition) is 1. The van der Waals surface area contributed by atoms with Crippen LogP contribution in [-0.4, -0.2) is 28.3 Å². The Morgan fingerprint density at radius 1 is 0.958 bits per heavy atom. The third kappa shape index (κ3) is 5.35. The lowest BCUT2D eigenvalue weighted by atomic mass is 10.0. The lowest BCUT2D eigenvalue weighted by Gasteiger charge is -2.21. The molecule has 2 aromatic rings. The first-order chi connectivity index (χ1) is 11.3. The van der Waals surface area contributed by atoms with Gasteiger partial charge in [0.05, 0.1) is 0 Å². The average molecular weight is 414 g/mol. The summed E-state index contributed by atoms with van der Waals surface area (Å²) < 4.78 is 5.39. The number of carbonyl (C=O) groups is 2. The van der Waals surface area contributed by atoms with E-state index in [2.05, 4.69) is 15.9 Å². The summed E-state index contributed by atoms with van der Waals surface area (Å²) in [5, 5.41) is 9.59. The smallest absolute Gasteiger partial charge is 0.347 e. The highest BCUT2D eigenvalue weighted by molar-refractivity contribution is 9.08. The number of ketones is 1. The molecule has 0 aromatic heterocycles. The predicted molar refractivity (Wildman–Crippen MR) is 98.5 cm³/mol. The van der Waals surface area contributed by atoms with Crippen LogP contribution < -0.4 is 4.74 Å². The number of aliphatic carboxylic acids is 1. The van der Waals surface area contributed by atoms with Gasteiger partial charge in [-0.2, -0.15) is 0 Å². The number of carbonyl (C=O) groups excluding carboxylic acids is 1. The topological polar surface area (TPSA) is 63.6 Å². The molecule has 0 radical (unpaired) electrons. The molecule has 0 unspecified atom stereocenters. The van der Waals surface area contributed by atoms with Crippen molar-refractivity contribution in [3.8, 4) is 5.75 Å². The summed E-state index contributed by atoms with van der Waals surface area (Å²) in [4.78, 5) is 23.3. The molecule has 24 heavy (non-hydrogen) atoms. The van der Waals surface area contributed by atoms with Gasteiger partial charge in [-0.05, 0) is 68.2 Å². The lowest BCUT2D eigenvalue weighted by molar-refractivity contribution is -0.152. The van der Waals surface area contributed by atoms with Crippen LogP contribution in [0.4, 0.5) is 0 Å². The molecule has 128 valence electrons. The Labute approximate surface area is 154 Å². The van der Waals surface area contributed by atoms with Crippen LogP contribution >= 0.6 is 27.5 Å². The summed E-state index contributed by atoms with van der Waals surface area (Å²) in [6, 6.07) is 13.0. The molecule has 0 fully saturated rings. The zero-order valence-corrected chi connectivity index (χ0v) is 15.9. The summed E-state index contributed by atoms with van der Waals surface area (Å²) in [7, 11) is 0. The quantitative estimate of drug-likeness (QED) is 0.563. The van der Waals surface area contributed by atoms with Gasteiger partial charge < -0.3 is 9.84 Å². The molecule has 0 aliphatic carbocycles. The Balaban J connectivity index is 0.00000139. The highest BCUT2D eigenvalue weighted by atomic mass is 79.9. The first kappa shape index (κ1) is 20.2. The number of carboxylic acid groups (broad SMARTS) is 1. The minimum atomic E-state index is -1.33. The summed E-state index contributed by atoms with van der Waals surface area (Å²) in [5.74, 6) is 1.00. The van der Waals surface area contributed by atoms with E-state index in [1.54, 1.807) is 48.5 Å². The fourth-order valence-corrected chi connectivity index (χ4v) is 1.91. The molecular formula is C18H18BrClO4. The monoisotopic (exact) mass is 412 g/mol. The standard InChI is InChI=1S/C17H15ClO4.CH3Br/c1-17(2,16(20)21)22-14-9-5-12(6-10-14)15(19)11-3-7-13(18)8-4-11;1-2/h3-10H,1-2H3,(H,20,21);1H3. The summed E-state index contributed by atoms with van der Waals surface area (Å²) in [6.45, 7) is 2.92. The van der Waals surface area contributed by atoms with E-state index in [9.17, 15) is 9.59 Å². The first-order valence-electron chi connectivity index (χ1n) is 7.00. The Morgan fingerprint density at radius 2 is 1.38 bits per heavy atom. The molecule has 0 bridgehead atoms. The van der Waals surface area contributed by atoms with Crippen LogP contribution in [0.3, 0.4) is 0 Å². The van der Waals surface area contributed by atoms with E-state index in [1.807, 2.05) is 5.83 Å². The van der Waals surface area contributed by atoms with Gasteiger partial charge in [0.15, 0.2) is 11.4 Å². The van der Waals surface area contributed by atoms with Crippen LogP contribution in [-0.2, 0) is 4.79 Å². The largest absolute Gasteiger partial charge is 0.478 e. The number of hydrogen-bond acceptors (Lipinski definition) is 3. The second-order valence-corrected chi connectivity index (χ2v) is 5.71. The van der Waals surface area contributed by atoms with Gasteiger partial charge in [0.2, 0.25) is 0 Å². The molecule has 0 saturated carbocycles. The lowest BCUT2D eigenvalue weighted by Crippen LogP contribution is -2.37. The maximum Gasteiger partial charge on any atom is 0.347 e. The van der Waals surface area contributed by atoms with E-state index in [0.29, 0.717) is 21.9 Å². The normalized spacial score (nSPS) is 10.4. The van der Waals surface area contributed by atoms with Gasteiger partial charge >= 0.3 is 5.97 Å². The zero-order chi connectivity index (χ0) is 18.3. The van der Waals surface area contributed by atoms with Gasteiger partial charge in [-0.3, -0.25) is 4.79 Å². The number of alkyl halides is 1. The molecule has 0 atom stereocenters. The second-order valence-electron chi connectivity index (χ2n) is 5.28. The third-order valence-electron chi connectivity index (χ3n) is 3.11. The third-order valence-corrected chi connectivity index (χ3v) is 3.36. The SMILES string of the molecule is CBr.CC(C)(Oc1ccc(C(=O)c2ccc(Cl)cc2)cc1)C(=O)O. The van der Waals surface area contributed by atoms with Crippen molar-refractivity contribution in [2.75, 3.05) is 5.83 Å². The summed E-state index contributed by atoms with van der Waals surface area (Å²) in [6.07, 6.45) is 0. The maximum atomic E-state index is 12.3. The van der Waals surface area contributed by atoms with Gasteiger partial charge in [-0.25, -0.2) is 4.79 Å². The van der Waals surface area contributed by atoms with Crippen LogP contribution in [0.1, 0.15) is 29.8 Å². The van der Waals surface area contributed by atoms with Crippen LogP contribution in [0.2, 0.25) is 5.02 Å². The van der Waals surface area contributed by atoms with E-state index in [-0.39, 0.29) is 5.78 Å². The molecular weight excluding hydrogens is 396 g/mol. The van der Waals surface area contributed by atoms with E-state index in [4.69, 9.17) is 21.4 Å². The molecule has 4 nitrogen and oxygen atoms in total. The highest BCUT2D eigenvalue weighted by Gasteiger charge is 2.29. The van der Waals surface area contributed by atoms with Gasteiger partial charge in [-0.1, -0.05) is 27.5 Å². The van der Waals surface area contributed by atoms with Crippen molar-refractivity contribution in [3.63, 3.8) is 0 Å². The van der Waals surface area contributed by atoms with Crippen molar-refractivity contribution >= 4 is 39.3 Å². The number of carboxylic acids is 1. The fraction of sp³-hybridized carbons (Fsp3) is 0.222. The van der Waals surface area contributed by atoms with Crippen molar-refractivity contribution in [1.82, 2.24) is 0 Å². The average Bonchev–Trinajstić information content (AvgIpc) is 2.57. The Hall–Kier alpha value is -1.85. The number of halogens is 2. The minimum Gasteiger partial charge on any atom is -0.478 e. The van der Waals surface area contributed by atoms with E-state index in [1.165, 1.54) is 13.8 Å². The number of benzene rings is 2. The molecule has 0 amide bonds. The van der Waals surface area contributed by atoms with Gasteiger partial charge in [-0.15, -0.1) is 0 Å². The van der Waals surface area contributed by atoms with E-state index < -0.39 is 11.6 Å². The van der Waals surface area contributed by atoms with Crippen LogP contribution in [0.25, 0.3) is 0 Å². The zero-order valence-electron chi connectivity index (χ0n) is 13.5. The molecule has 2 rings (SSSR count). The van der Waals surface area contributed by atoms with Crippen LogP contribution in [0.15, 0.2) is 48.5 Å². The van der Waals surface area contributed by atoms with Crippen LogP contribution in [0, 0.1) is 0 Å². The molecule has 0 aliphatic rings. The van der Waals surface area contributed by atoms with Crippen LogP contribution in [0.5, 0.6) is 5.75 Å². The minimum absolute atomic E-state index is 0.138. The molecule has 0 spiro atoms. The van der Waals surface area contributed by atoms with Gasteiger partial charge in [0.1, 0.15) is 5.75 Å². The van der Waals surface area contributed by atoms with Crippen molar-refractivity contribution in [2.45, 2.75) is 19.4 Å². The molecule has 6 heteroatoms. The molecule has 0 saturated heterocycles. The molecule has 0 heterocycles.